The second kappa shape index (κ2) is 8.89. The summed E-state index contributed by atoms with van der Waals surface area (Å²) in [6.45, 7) is 10.9. The Balaban J connectivity index is 0.000000671. The molecular weight excluding hydrogens is 178 g/mol. The van der Waals surface area contributed by atoms with Gasteiger partial charge in [0, 0.05) is 17.0 Å². The molecule has 1 saturated heterocycles. The zero-order valence-electron chi connectivity index (χ0n) is 9.60. The molecule has 1 fully saturated rings. The number of thioether (sulfide) groups is 1. The molecule has 80 valence electrons. The molecule has 1 aliphatic heterocycles. The maximum atomic E-state index is 3.42. The van der Waals surface area contributed by atoms with Crippen LogP contribution in [0.3, 0.4) is 0 Å². The Morgan fingerprint density at radius 1 is 1.31 bits per heavy atom. The zero-order chi connectivity index (χ0) is 10.1. The SMILES string of the molecule is CC.CCNCC1CCCC(C)S1. The molecule has 1 aliphatic rings. The highest BCUT2D eigenvalue weighted by Gasteiger charge is 2.18. The summed E-state index contributed by atoms with van der Waals surface area (Å²) in [7, 11) is 0. The molecular formula is C11H25NS. The van der Waals surface area contributed by atoms with Gasteiger partial charge in [-0.05, 0) is 19.4 Å². The molecule has 1 nitrogen and oxygen atoms in total. The van der Waals surface area contributed by atoms with E-state index < -0.39 is 0 Å². The standard InChI is InChI=1S/C9H19NS.C2H6/c1-3-10-7-9-6-4-5-8(2)11-9;1-2/h8-10H,3-7H2,1-2H3;1-2H3. The summed E-state index contributed by atoms with van der Waals surface area (Å²) in [6, 6.07) is 0. The van der Waals surface area contributed by atoms with Crippen LogP contribution in [0.1, 0.15) is 47.0 Å². The van der Waals surface area contributed by atoms with Crippen LogP contribution >= 0.6 is 11.8 Å². The van der Waals surface area contributed by atoms with Crippen molar-refractivity contribution >= 4 is 11.8 Å². The summed E-state index contributed by atoms with van der Waals surface area (Å²) < 4.78 is 0. The molecule has 0 spiro atoms. The minimum Gasteiger partial charge on any atom is -0.316 e. The first kappa shape index (κ1) is 13.3. The van der Waals surface area contributed by atoms with Gasteiger partial charge in [0.2, 0.25) is 0 Å². The van der Waals surface area contributed by atoms with E-state index in [1.54, 1.807) is 0 Å². The number of rotatable bonds is 3. The minimum atomic E-state index is 0.888. The average molecular weight is 203 g/mol. The lowest BCUT2D eigenvalue weighted by Gasteiger charge is -2.26. The van der Waals surface area contributed by atoms with Crippen molar-refractivity contribution in [2.24, 2.45) is 0 Å². The van der Waals surface area contributed by atoms with Crippen molar-refractivity contribution in [2.75, 3.05) is 13.1 Å². The van der Waals surface area contributed by atoms with Crippen molar-refractivity contribution in [3.63, 3.8) is 0 Å². The lowest BCUT2D eigenvalue weighted by molar-refractivity contribution is 0.584. The van der Waals surface area contributed by atoms with Crippen molar-refractivity contribution in [1.82, 2.24) is 5.32 Å². The van der Waals surface area contributed by atoms with Crippen molar-refractivity contribution in [1.29, 1.82) is 0 Å². The number of hydrogen-bond donors (Lipinski definition) is 1. The van der Waals surface area contributed by atoms with Gasteiger partial charge in [-0.2, -0.15) is 11.8 Å². The van der Waals surface area contributed by atoms with Crippen LogP contribution in [0.2, 0.25) is 0 Å². The highest BCUT2D eigenvalue weighted by atomic mass is 32.2. The van der Waals surface area contributed by atoms with Crippen LogP contribution in [-0.4, -0.2) is 23.6 Å². The minimum absolute atomic E-state index is 0.888. The lowest BCUT2D eigenvalue weighted by Crippen LogP contribution is -2.28. The van der Waals surface area contributed by atoms with E-state index in [0.717, 1.165) is 17.0 Å². The maximum Gasteiger partial charge on any atom is 0.0175 e. The molecule has 0 bridgehead atoms. The van der Waals surface area contributed by atoms with Gasteiger partial charge < -0.3 is 5.32 Å². The van der Waals surface area contributed by atoms with Gasteiger partial charge in [-0.15, -0.1) is 0 Å². The van der Waals surface area contributed by atoms with Crippen LogP contribution in [0, 0.1) is 0 Å². The van der Waals surface area contributed by atoms with Crippen molar-refractivity contribution < 1.29 is 0 Å². The molecule has 0 aromatic carbocycles. The van der Waals surface area contributed by atoms with Crippen LogP contribution in [0.4, 0.5) is 0 Å². The summed E-state index contributed by atoms with van der Waals surface area (Å²) >= 11 is 2.16. The van der Waals surface area contributed by atoms with Gasteiger partial charge in [-0.25, -0.2) is 0 Å². The number of hydrogen-bond acceptors (Lipinski definition) is 2. The Bertz CT molecular complexity index is 106. The molecule has 1 N–H and O–H groups in total. The van der Waals surface area contributed by atoms with Crippen LogP contribution in [-0.2, 0) is 0 Å². The molecule has 2 atom stereocenters. The van der Waals surface area contributed by atoms with E-state index in [2.05, 4.69) is 30.9 Å². The largest absolute Gasteiger partial charge is 0.316 e. The van der Waals surface area contributed by atoms with Crippen LogP contribution in [0.15, 0.2) is 0 Å². The van der Waals surface area contributed by atoms with E-state index in [4.69, 9.17) is 0 Å². The monoisotopic (exact) mass is 203 g/mol. The van der Waals surface area contributed by atoms with Crippen LogP contribution < -0.4 is 5.32 Å². The smallest absolute Gasteiger partial charge is 0.0175 e. The fraction of sp³-hybridized carbons (Fsp3) is 1.00. The Kier molecular flexibility index (Phi) is 9.10. The first-order chi connectivity index (χ1) is 6.33. The third-order valence-corrected chi connectivity index (χ3v) is 3.67. The molecule has 0 aliphatic carbocycles. The molecule has 0 amide bonds. The summed E-state index contributed by atoms with van der Waals surface area (Å²) in [4.78, 5) is 0. The van der Waals surface area contributed by atoms with E-state index in [-0.39, 0.29) is 0 Å². The molecule has 0 radical (unpaired) electrons. The Morgan fingerprint density at radius 3 is 2.54 bits per heavy atom. The third kappa shape index (κ3) is 6.39. The van der Waals surface area contributed by atoms with E-state index in [0.29, 0.717) is 0 Å². The van der Waals surface area contributed by atoms with E-state index in [1.165, 1.54) is 25.8 Å². The van der Waals surface area contributed by atoms with Crippen LogP contribution in [0.5, 0.6) is 0 Å². The van der Waals surface area contributed by atoms with E-state index >= 15 is 0 Å². The maximum absolute atomic E-state index is 3.42. The summed E-state index contributed by atoms with van der Waals surface area (Å²) in [5.41, 5.74) is 0. The average Bonchev–Trinajstić information content (AvgIpc) is 2.18. The predicted molar refractivity (Wildman–Crippen MR) is 64.6 cm³/mol. The zero-order valence-corrected chi connectivity index (χ0v) is 10.4. The summed E-state index contributed by atoms with van der Waals surface area (Å²) in [5.74, 6) is 0. The second-order valence-electron chi connectivity index (χ2n) is 3.31. The normalized spacial score (nSPS) is 27.7. The van der Waals surface area contributed by atoms with Gasteiger partial charge in [0.25, 0.3) is 0 Å². The highest BCUT2D eigenvalue weighted by molar-refractivity contribution is 8.00. The molecule has 2 unspecified atom stereocenters. The third-order valence-electron chi connectivity index (χ3n) is 2.18. The quantitative estimate of drug-likeness (QED) is 0.755. The fourth-order valence-electron chi connectivity index (χ4n) is 1.55. The van der Waals surface area contributed by atoms with Gasteiger partial charge in [0.1, 0.15) is 0 Å². The summed E-state index contributed by atoms with van der Waals surface area (Å²) in [5, 5.41) is 5.20. The topological polar surface area (TPSA) is 12.0 Å². The molecule has 1 rings (SSSR count). The molecule has 1 heterocycles. The Hall–Kier alpha value is 0.310. The van der Waals surface area contributed by atoms with Crippen molar-refractivity contribution in [2.45, 2.75) is 57.5 Å². The van der Waals surface area contributed by atoms with Gasteiger partial charge in [-0.3, -0.25) is 0 Å². The first-order valence-corrected chi connectivity index (χ1v) is 6.63. The van der Waals surface area contributed by atoms with Gasteiger partial charge >= 0.3 is 0 Å². The van der Waals surface area contributed by atoms with Crippen LogP contribution in [0.25, 0.3) is 0 Å². The predicted octanol–water partition coefficient (Wildman–Crippen LogP) is 3.30. The Labute approximate surface area is 88.1 Å². The second-order valence-corrected chi connectivity index (χ2v) is 5.05. The van der Waals surface area contributed by atoms with E-state index in [1.807, 2.05) is 13.8 Å². The molecule has 13 heavy (non-hydrogen) atoms. The molecule has 2 heteroatoms. The molecule has 0 aromatic rings. The summed E-state index contributed by atoms with van der Waals surface area (Å²) in [6.07, 6.45) is 4.28. The Morgan fingerprint density at radius 2 is 2.00 bits per heavy atom. The van der Waals surface area contributed by atoms with E-state index in [9.17, 15) is 0 Å². The fourth-order valence-corrected chi connectivity index (χ4v) is 3.03. The first-order valence-electron chi connectivity index (χ1n) is 5.69. The number of nitrogens with one attached hydrogen (secondary N) is 1. The van der Waals surface area contributed by atoms with Crippen molar-refractivity contribution in [3.8, 4) is 0 Å². The molecule has 0 aromatic heterocycles. The van der Waals surface area contributed by atoms with Crippen molar-refractivity contribution in [3.05, 3.63) is 0 Å². The van der Waals surface area contributed by atoms with Gasteiger partial charge in [-0.1, -0.05) is 34.1 Å². The van der Waals surface area contributed by atoms with Gasteiger partial charge in [0.15, 0.2) is 0 Å². The van der Waals surface area contributed by atoms with Gasteiger partial charge in [0.05, 0.1) is 0 Å². The molecule has 0 saturated carbocycles. The highest BCUT2D eigenvalue weighted by Crippen LogP contribution is 2.30. The lowest BCUT2D eigenvalue weighted by atomic mass is 10.1.